The number of aromatic nitrogens is 2. The van der Waals surface area contributed by atoms with Crippen LogP contribution in [-0.2, 0) is 7.05 Å². The molecule has 0 spiro atoms. The number of nitrogens with one attached hydrogen (secondary N) is 1. The van der Waals surface area contributed by atoms with E-state index in [0.717, 1.165) is 0 Å². The smallest absolute Gasteiger partial charge is 0.266 e. The maximum absolute atomic E-state index is 12.8. The molecule has 0 bridgehead atoms. The molecule has 0 aliphatic carbocycles. The maximum atomic E-state index is 12.8. The summed E-state index contributed by atoms with van der Waals surface area (Å²) in [7, 11) is 1.63. The zero-order valence-electron chi connectivity index (χ0n) is 14.2. The van der Waals surface area contributed by atoms with E-state index in [0.29, 0.717) is 48.2 Å². The molecule has 0 saturated carbocycles. The van der Waals surface area contributed by atoms with Gasteiger partial charge in [0.1, 0.15) is 4.83 Å². The molecule has 2 aromatic heterocycles. The highest BCUT2D eigenvalue weighted by atomic mass is 79.9. The van der Waals surface area contributed by atoms with E-state index in [1.165, 1.54) is 22.2 Å². The van der Waals surface area contributed by atoms with Crippen LogP contribution in [0.3, 0.4) is 0 Å². The molecule has 0 aliphatic heterocycles. The maximum Gasteiger partial charge on any atom is 0.266 e. The summed E-state index contributed by atoms with van der Waals surface area (Å²) in [4.78, 5) is 30.4. The Hall–Kier alpha value is -1.90. The van der Waals surface area contributed by atoms with Gasteiger partial charge in [-0.1, -0.05) is 11.6 Å². The van der Waals surface area contributed by atoms with Gasteiger partial charge in [0.15, 0.2) is 5.75 Å². The lowest BCUT2D eigenvalue weighted by atomic mass is 10.2. The van der Waals surface area contributed by atoms with Gasteiger partial charge in [0, 0.05) is 12.1 Å². The van der Waals surface area contributed by atoms with E-state index in [4.69, 9.17) is 16.3 Å². The Bertz CT molecular complexity index is 1080. The fourth-order valence-corrected chi connectivity index (χ4v) is 4.51. The first kappa shape index (κ1) is 18.9. The number of carbonyl (C=O) groups excluding carboxylic acids is 1. The van der Waals surface area contributed by atoms with Crippen LogP contribution in [0.15, 0.2) is 27.7 Å². The van der Waals surface area contributed by atoms with Crippen molar-refractivity contribution in [3.05, 3.63) is 48.7 Å². The van der Waals surface area contributed by atoms with E-state index < -0.39 is 0 Å². The summed E-state index contributed by atoms with van der Waals surface area (Å²) < 4.78 is 7.64. The van der Waals surface area contributed by atoms with Gasteiger partial charge in [-0.2, -0.15) is 0 Å². The summed E-state index contributed by atoms with van der Waals surface area (Å²) in [6.07, 6.45) is 1.45. The quantitative estimate of drug-likeness (QED) is 0.633. The molecule has 0 unspecified atom stereocenters. The third-order valence-corrected chi connectivity index (χ3v) is 5.77. The fraction of sp³-hybridized carbons (Fsp3) is 0.235. The van der Waals surface area contributed by atoms with E-state index in [1.807, 2.05) is 6.92 Å². The number of rotatable bonds is 4. The molecule has 26 heavy (non-hydrogen) atoms. The number of carbonyl (C=O) groups is 1. The molecule has 2 heterocycles. The van der Waals surface area contributed by atoms with Crippen molar-refractivity contribution in [3.8, 4) is 5.75 Å². The molecular formula is C17H15BrClN3O3S. The number of hydrogen-bond acceptors (Lipinski definition) is 5. The van der Waals surface area contributed by atoms with Crippen LogP contribution in [0.4, 0.5) is 5.69 Å². The number of ether oxygens (including phenoxy) is 1. The summed E-state index contributed by atoms with van der Waals surface area (Å²) in [5.41, 5.74) is 0.882. The number of thiophene rings is 1. The SMILES string of the molecule is CCOc1c(Br)cc(Cl)cc1NC(=O)c1sc2ncn(C)c(=O)c2c1C. The van der Waals surface area contributed by atoms with Crippen molar-refractivity contribution >= 4 is 60.7 Å². The van der Waals surface area contributed by atoms with Crippen LogP contribution >= 0.6 is 38.9 Å². The second-order valence-corrected chi connectivity index (χ2v) is 7.84. The van der Waals surface area contributed by atoms with Crippen molar-refractivity contribution in [2.75, 3.05) is 11.9 Å². The summed E-state index contributed by atoms with van der Waals surface area (Å²) >= 11 is 10.7. The lowest BCUT2D eigenvalue weighted by Crippen LogP contribution is -2.17. The van der Waals surface area contributed by atoms with Gasteiger partial charge in [-0.3, -0.25) is 9.59 Å². The average Bonchev–Trinajstić information content (AvgIpc) is 2.92. The second-order valence-electron chi connectivity index (χ2n) is 5.55. The van der Waals surface area contributed by atoms with Crippen LogP contribution in [0.25, 0.3) is 10.2 Å². The molecule has 1 amide bonds. The number of amides is 1. The minimum absolute atomic E-state index is 0.177. The van der Waals surface area contributed by atoms with E-state index in [2.05, 4.69) is 26.2 Å². The number of hydrogen-bond donors (Lipinski definition) is 1. The first-order chi connectivity index (χ1) is 12.3. The molecule has 0 atom stereocenters. The van der Waals surface area contributed by atoms with Gasteiger partial charge < -0.3 is 14.6 Å². The average molecular weight is 457 g/mol. The van der Waals surface area contributed by atoms with Crippen LogP contribution in [0.5, 0.6) is 5.75 Å². The predicted molar refractivity (Wildman–Crippen MR) is 108 cm³/mol. The summed E-state index contributed by atoms with van der Waals surface area (Å²) in [5.74, 6) is 0.153. The van der Waals surface area contributed by atoms with Gasteiger partial charge in [0.25, 0.3) is 11.5 Å². The number of halogens is 2. The minimum Gasteiger partial charge on any atom is -0.491 e. The van der Waals surface area contributed by atoms with Gasteiger partial charge in [-0.05, 0) is 47.5 Å². The lowest BCUT2D eigenvalue weighted by Gasteiger charge is -2.13. The Morgan fingerprint density at radius 2 is 2.19 bits per heavy atom. The Labute approximate surface area is 166 Å². The van der Waals surface area contributed by atoms with Crippen molar-refractivity contribution in [2.24, 2.45) is 7.05 Å². The minimum atomic E-state index is -0.345. The van der Waals surface area contributed by atoms with Crippen LogP contribution in [0.1, 0.15) is 22.2 Å². The second kappa shape index (κ2) is 7.38. The van der Waals surface area contributed by atoms with Crippen LogP contribution in [0, 0.1) is 6.92 Å². The molecular weight excluding hydrogens is 442 g/mol. The van der Waals surface area contributed by atoms with Gasteiger partial charge in [0.2, 0.25) is 0 Å². The van der Waals surface area contributed by atoms with Crippen molar-refractivity contribution in [2.45, 2.75) is 13.8 Å². The van der Waals surface area contributed by atoms with E-state index in [-0.39, 0.29) is 11.5 Å². The molecule has 0 radical (unpaired) electrons. The van der Waals surface area contributed by atoms with Crippen LogP contribution in [-0.4, -0.2) is 22.1 Å². The molecule has 9 heteroatoms. The van der Waals surface area contributed by atoms with Gasteiger partial charge in [0.05, 0.1) is 33.4 Å². The van der Waals surface area contributed by atoms with E-state index in [1.54, 1.807) is 26.1 Å². The predicted octanol–water partition coefficient (Wildman–Crippen LogP) is 4.37. The molecule has 0 saturated heterocycles. The number of benzene rings is 1. The molecule has 0 fully saturated rings. The lowest BCUT2D eigenvalue weighted by molar-refractivity contribution is 0.102. The van der Waals surface area contributed by atoms with Crippen LogP contribution in [0.2, 0.25) is 5.02 Å². The third kappa shape index (κ3) is 3.36. The first-order valence-electron chi connectivity index (χ1n) is 7.71. The number of aryl methyl sites for hydroxylation is 2. The number of anilines is 1. The fourth-order valence-electron chi connectivity index (χ4n) is 2.55. The largest absolute Gasteiger partial charge is 0.491 e. The number of fused-ring (bicyclic) bond motifs is 1. The highest BCUT2D eigenvalue weighted by molar-refractivity contribution is 9.10. The van der Waals surface area contributed by atoms with E-state index in [9.17, 15) is 9.59 Å². The van der Waals surface area contributed by atoms with Crippen molar-refractivity contribution < 1.29 is 9.53 Å². The zero-order chi connectivity index (χ0) is 19.0. The highest BCUT2D eigenvalue weighted by Crippen LogP contribution is 2.37. The van der Waals surface area contributed by atoms with Crippen LogP contribution < -0.4 is 15.6 Å². The third-order valence-electron chi connectivity index (χ3n) is 3.76. The molecule has 136 valence electrons. The molecule has 3 rings (SSSR count). The summed E-state index contributed by atoms with van der Waals surface area (Å²) in [5, 5.41) is 3.74. The molecule has 3 aromatic rings. The first-order valence-corrected chi connectivity index (χ1v) is 9.70. The molecule has 0 aliphatic rings. The monoisotopic (exact) mass is 455 g/mol. The molecule has 1 aromatic carbocycles. The highest BCUT2D eigenvalue weighted by Gasteiger charge is 2.21. The van der Waals surface area contributed by atoms with Crippen molar-refractivity contribution in [3.63, 3.8) is 0 Å². The Morgan fingerprint density at radius 1 is 1.46 bits per heavy atom. The van der Waals surface area contributed by atoms with E-state index >= 15 is 0 Å². The Morgan fingerprint density at radius 3 is 2.88 bits per heavy atom. The Balaban J connectivity index is 2.04. The Kier molecular flexibility index (Phi) is 5.36. The van der Waals surface area contributed by atoms with Crippen molar-refractivity contribution in [1.82, 2.24) is 9.55 Å². The zero-order valence-corrected chi connectivity index (χ0v) is 17.4. The van der Waals surface area contributed by atoms with Gasteiger partial charge in [-0.15, -0.1) is 11.3 Å². The summed E-state index contributed by atoms with van der Waals surface area (Å²) in [6, 6.07) is 3.32. The topological polar surface area (TPSA) is 73.2 Å². The summed E-state index contributed by atoms with van der Waals surface area (Å²) in [6.45, 7) is 4.03. The molecule has 6 nitrogen and oxygen atoms in total. The van der Waals surface area contributed by atoms with Gasteiger partial charge >= 0.3 is 0 Å². The molecule has 1 N–H and O–H groups in total. The van der Waals surface area contributed by atoms with Crippen molar-refractivity contribution in [1.29, 1.82) is 0 Å². The standard InChI is InChI=1S/C17H15BrClN3O3S/c1-4-25-13-10(18)5-9(19)6-11(13)21-15(23)14-8(2)12-16(26-14)20-7-22(3)17(12)24/h5-7H,4H2,1-3H3,(H,21,23). The van der Waals surface area contributed by atoms with Gasteiger partial charge in [-0.25, -0.2) is 4.98 Å². The normalized spacial score (nSPS) is 11.0. The number of nitrogens with zero attached hydrogens (tertiary/aromatic N) is 2.